The average Bonchev–Trinajstić information content (AvgIpc) is 2.41. The number of carbonyl (C=O) groups excluding carboxylic acids is 1. The SMILES string of the molecule is CCC(=O)N1CCCNCC1C(C)C. The van der Waals surface area contributed by atoms with Crippen molar-refractivity contribution in [1.29, 1.82) is 0 Å². The van der Waals surface area contributed by atoms with Gasteiger partial charge in [0.15, 0.2) is 0 Å². The topological polar surface area (TPSA) is 32.3 Å². The van der Waals surface area contributed by atoms with Gasteiger partial charge in [0.25, 0.3) is 0 Å². The lowest BCUT2D eigenvalue weighted by Gasteiger charge is -2.32. The zero-order valence-corrected chi connectivity index (χ0v) is 9.55. The lowest BCUT2D eigenvalue weighted by Crippen LogP contribution is -2.46. The minimum atomic E-state index is 0.299. The maximum absolute atomic E-state index is 11.7. The summed E-state index contributed by atoms with van der Waals surface area (Å²) in [5.41, 5.74) is 0. The van der Waals surface area contributed by atoms with Gasteiger partial charge in [0.1, 0.15) is 0 Å². The second kappa shape index (κ2) is 5.35. The van der Waals surface area contributed by atoms with Crippen molar-refractivity contribution in [3.05, 3.63) is 0 Å². The first kappa shape index (κ1) is 11.5. The molecule has 1 aliphatic rings. The van der Waals surface area contributed by atoms with Crippen molar-refractivity contribution in [3.63, 3.8) is 0 Å². The largest absolute Gasteiger partial charge is 0.338 e. The van der Waals surface area contributed by atoms with Crippen LogP contribution >= 0.6 is 0 Å². The highest BCUT2D eigenvalue weighted by molar-refractivity contribution is 5.76. The van der Waals surface area contributed by atoms with Gasteiger partial charge in [-0.1, -0.05) is 20.8 Å². The number of nitrogens with one attached hydrogen (secondary N) is 1. The third-order valence-corrected chi connectivity index (χ3v) is 2.90. The van der Waals surface area contributed by atoms with Crippen LogP contribution in [0.4, 0.5) is 0 Å². The van der Waals surface area contributed by atoms with Crippen LogP contribution in [0, 0.1) is 5.92 Å². The van der Waals surface area contributed by atoms with Gasteiger partial charge < -0.3 is 10.2 Å². The van der Waals surface area contributed by atoms with E-state index in [1.807, 2.05) is 6.92 Å². The number of nitrogens with zero attached hydrogens (tertiary/aromatic N) is 1. The number of hydrogen-bond donors (Lipinski definition) is 1. The fourth-order valence-corrected chi connectivity index (χ4v) is 2.01. The summed E-state index contributed by atoms with van der Waals surface area (Å²) >= 11 is 0. The molecule has 0 spiro atoms. The Morgan fingerprint density at radius 3 is 2.86 bits per heavy atom. The summed E-state index contributed by atoms with van der Waals surface area (Å²) in [6, 6.07) is 0.380. The summed E-state index contributed by atoms with van der Waals surface area (Å²) in [6.07, 6.45) is 1.71. The fraction of sp³-hybridized carbons (Fsp3) is 0.909. The normalized spacial score (nSPS) is 23.7. The first-order valence-corrected chi connectivity index (χ1v) is 5.67. The lowest BCUT2D eigenvalue weighted by atomic mass is 10.0. The van der Waals surface area contributed by atoms with Gasteiger partial charge in [0.05, 0.1) is 0 Å². The molecule has 1 saturated heterocycles. The van der Waals surface area contributed by atoms with E-state index in [9.17, 15) is 4.79 Å². The summed E-state index contributed by atoms with van der Waals surface area (Å²) in [4.78, 5) is 13.8. The van der Waals surface area contributed by atoms with Gasteiger partial charge in [0, 0.05) is 25.6 Å². The minimum absolute atomic E-state index is 0.299. The molecule has 0 aromatic rings. The van der Waals surface area contributed by atoms with E-state index in [0.29, 0.717) is 24.3 Å². The number of amides is 1. The van der Waals surface area contributed by atoms with Crippen molar-refractivity contribution >= 4 is 5.91 Å². The molecule has 0 bridgehead atoms. The van der Waals surface area contributed by atoms with E-state index in [2.05, 4.69) is 24.1 Å². The second-order valence-corrected chi connectivity index (χ2v) is 4.31. The van der Waals surface area contributed by atoms with Crippen LogP contribution in [0.2, 0.25) is 0 Å². The van der Waals surface area contributed by atoms with Gasteiger partial charge in [0.2, 0.25) is 5.91 Å². The van der Waals surface area contributed by atoms with E-state index in [0.717, 1.165) is 26.1 Å². The maximum atomic E-state index is 11.7. The van der Waals surface area contributed by atoms with Crippen LogP contribution < -0.4 is 5.32 Å². The predicted molar refractivity (Wildman–Crippen MR) is 58.1 cm³/mol. The molecule has 3 nitrogen and oxygen atoms in total. The van der Waals surface area contributed by atoms with Gasteiger partial charge in [-0.2, -0.15) is 0 Å². The van der Waals surface area contributed by atoms with E-state index in [-0.39, 0.29) is 0 Å². The van der Waals surface area contributed by atoms with Crippen LogP contribution in [0.1, 0.15) is 33.6 Å². The lowest BCUT2D eigenvalue weighted by molar-refractivity contribution is -0.133. The van der Waals surface area contributed by atoms with E-state index < -0.39 is 0 Å². The molecule has 1 heterocycles. The molecule has 1 atom stereocenters. The summed E-state index contributed by atoms with van der Waals surface area (Å²) < 4.78 is 0. The maximum Gasteiger partial charge on any atom is 0.222 e. The molecule has 1 amide bonds. The third-order valence-electron chi connectivity index (χ3n) is 2.90. The molecule has 1 unspecified atom stereocenters. The van der Waals surface area contributed by atoms with Crippen LogP contribution in [0.3, 0.4) is 0 Å². The zero-order valence-electron chi connectivity index (χ0n) is 9.55. The average molecular weight is 198 g/mol. The Bertz CT molecular complexity index is 192. The highest BCUT2D eigenvalue weighted by atomic mass is 16.2. The molecule has 3 heteroatoms. The quantitative estimate of drug-likeness (QED) is 0.724. The molecule has 0 aliphatic carbocycles. The van der Waals surface area contributed by atoms with Crippen molar-refractivity contribution in [2.75, 3.05) is 19.6 Å². The Morgan fingerprint density at radius 2 is 2.29 bits per heavy atom. The molecule has 0 radical (unpaired) electrons. The van der Waals surface area contributed by atoms with Crippen LogP contribution in [0.15, 0.2) is 0 Å². The Labute approximate surface area is 86.9 Å². The van der Waals surface area contributed by atoms with Crippen molar-refractivity contribution < 1.29 is 4.79 Å². The molecular formula is C11H22N2O. The minimum Gasteiger partial charge on any atom is -0.338 e. The Balaban J connectivity index is 2.68. The predicted octanol–water partition coefficient (Wildman–Crippen LogP) is 1.24. The molecule has 0 aromatic carbocycles. The Morgan fingerprint density at radius 1 is 1.57 bits per heavy atom. The number of hydrogen-bond acceptors (Lipinski definition) is 2. The summed E-state index contributed by atoms with van der Waals surface area (Å²) in [5, 5.41) is 3.39. The standard InChI is InChI=1S/C11H22N2O/c1-4-11(14)13-7-5-6-12-8-10(13)9(2)3/h9-10,12H,4-8H2,1-3H3. The molecule has 1 N–H and O–H groups in total. The Hall–Kier alpha value is -0.570. The zero-order chi connectivity index (χ0) is 10.6. The molecule has 0 saturated carbocycles. The summed E-state index contributed by atoms with van der Waals surface area (Å²) in [6.45, 7) is 9.22. The van der Waals surface area contributed by atoms with Gasteiger partial charge in [-0.25, -0.2) is 0 Å². The van der Waals surface area contributed by atoms with Gasteiger partial charge in [-0.3, -0.25) is 4.79 Å². The van der Waals surface area contributed by atoms with Crippen LogP contribution in [0.5, 0.6) is 0 Å². The van der Waals surface area contributed by atoms with Crippen molar-refractivity contribution in [2.45, 2.75) is 39.7 Å². The molecule has 1 aliphatic heterocycles. The van der Waals surface area contributed by atoms with Crippen LogP contribution in [-0.2, 0) is 4.79 Å². The summed E-state index contributed by atoms with van der Waals surface area (Å²) in [5.74, 6) is 0.837. The molecular weight excluding hydrogens is 176 g/mol. The second-order valence-electron chi connectivity index (χ2n) is 4.31. The monoisotopic (exact) mass is 198 g/mol. The van der Waals surface area contributed by atoms with E-state index in [4.69, 9.17) is 0 Å². The van der Waals surface area contributed by atoms with E-state index in [1.165, 1.54) is 0 Å². The third kappa shape index (κ3) is 2.71. The van der Waals surface area contributed by atoms with Crippen molar-refractivity contribution in [1.82, 2.24) is 10.2 Å². The van der Waals surface area contributed by atoms with Gasteiger partial charge in [-0.15, -0.1) is 0 Å². The summed E-state index contributed by atoms with van der Waals surface area (Å²) in [7, 11) is 0. The smallest absolute Gasteiger partial charge is 0.222 e. The van der Waals surface area contributed by atoms with Gasteiger partial charge in [-0.05, 0) is 18.9 Å². The molecule has 1 rings (SSSR count). The number of carbonyl (C=O) groups is 1. The molecule has 0 aromatic heterocycles. The van der Waals surface area contributed by atoms with E-state index in [1.54, 1.807) is 0 Å². The van der Waals surface area contributed by atoms with Crippen LogP contribution in [-0.4, -0.2) is 36.5 Å². The molecule has 82 valence electrons. The molecule has 14 heavy (non-hydrogen) atoms. The molecule has 1 fully saturated rings. The van der Waals surface area contributed by atoms with Crippen LogP contribution in [0.25, 0.3) is 0 Å². The first-order chi connectivity index (χ1) is 6.66. The highest BCUT2D eigenvalue weighted by Gasteiger charge is 2.26. The van der Waals surface area contributed by atoms with Gasteiger partial charge >= 0.3 is 0 Å². The van der Waals surface area contributed by atoms with E-state index >= 15 is 0 Å². The first-order valence-electron chi connectivity index (χ1n) is 5.67. The number of rotatable bonds is 2. The van der Waals surface area contributed by atoms with Crippen molar-refractivity contribution in [3.8, 4) is 0 Å². The van der Waals surface area contributed by atoms with Crippen molar-refractivity contribution in [2.24, 2.45) is 5.92 Å². The fourth-order valence-electron chi connectivity index (χ4n) is 2.01. The Kier molecular flexibility index (Phi) is 4.39. The highest BCUT2D eigenvalue weighted by Crippen LogP contribution is 2.14.